The van der Waals surface area contributed by atoms with Crippen LogP contribution in [-0.2, 0) is 16.0 Å². The van der Waals surface area contributed by atoms with Crippen molar-refractivity contribution in [1.29, 1.82) is 5.26 Å². The number of carbonyl (C=O) groups is 2. The number of hydrogen-bond acceptors (Lipinski definition) is 3. The van der Waals surface area contributed by atoms with Crippen LogP contribution in [0, 0.1) is 11.3 Å². The number of hydrogen-bond donors (Lipinski definition) is 3. The lowest BCUT2D eigenvalue weighted by molar-refractivity contribution is -0.862. The molecular weight excluding hydrogens is 328 g/mol. The van der Waals surface area contributed by atoms with Crippen LogP contribution in [0.1, 0.15) is 18.1 Å². The summed E-state index contributed by atoms with van der Waals surface area (Å²) in [5.41, 5.74) is 2.77. The Labute approximate surface area is 153 Å². The molecule has 6 heteroatoms. The monoisotopic (exact) mass is 351 g/mol. The molecule has 0 fully saturated rings. The average Bonchev–Trinajstić information content (AvgIpc) is 2.62. The van der Waals surface area contributed by atoms with E-state index in [0.29, 0.717) is 11.3 Å². The lowest BCUT2D eigenvalue weighted by Crippen LogP contribution is -3.11. The van der Waals surface area contributed by atoms with Gasteiger partial charge in [0, 0.05) is 5.69 Å². The van der Waals surface area contributed by atoms with E-state index < -0.39 is 0 Å². The van der Waals surface area contributed by atoms with Gasteiger partial charge < -0.3 is 15.5 Å². The molecule has 0 saturated heterocycles. The van der Waals surface area contributed by atoms with Crippen LogP contribution in [0.4, 0.5) is 11.4 Å². The van der Waals surface area contributed by atoms with Crippen molar-refractivity contribution in [2.45, 2.75) is 13.3 Å². The number of para-hydroxylation sites is 2. The van der Waals surface area contributed by atoms with Gasteiger partial charge in [-0.3, -0.25) is 9.59 Å². The molecule has 0 spiro atoms. The van der Waals surface area contributed by atoms with E-state index in [0.717, 1.165) is 22.6 Å². The summed E-state index contributed by atoms with van der Waals surface area (Å²) in [6, 6.07) is 16.5. The zero-order valence-corrected chi connectivity index (χ0v) is 15.0. The lowest BCUT2D eigenvalue weighted by atomic mass is 10.1. The molecule has 2 aromatic rings. The zero-order valence-electron chi connectivity index (χ0n) is 15.0. The van der Waals surface area contributed by atoms with Crippen LogP contribution in [-0.4, -0.2) is 32.0 Å². The first-order valence-electron chi connectivity index (χ1n) is 8.51. The fourth-order valence-electron chi connectivity index (χ4n) is 2.64. The Bertz CT molecular complexity index is 827. The molecule has 2 aromatic carbocycles. The van der Waals surface area contributed by atoms with Crippen molar-refractivity contribution in [2.75, 3.05) is 30.8 Å². The summed E-state index contributed by atoms with van der Waals surface area (Å²) in [6.07, 6.45) is 0.833. The van der Waals surface area contributed by atoms with Gasteiger partial charge in [-0.15, -0.1) is 0 Å². The maximum Gasteiger partial charge on any atom is 0.279 e. The maximum absolute atomic E-state index is 12.2. The number of quaternary nitrogens is 1. The normalized spacial score (nSPS) is 11.3. The van der Waals surface area contributed by atoms with Crippen LogP contribution in [0.15, 0.2) is 48.5 Å². The van der Waals surface area contributed by atoms with Crippen molar-refractivity contribution in [1.82, 2.24) is 0 Å². The molecule has 0 aromatic heterocycles. The van der Waals surface area contributed by atoms with Crippen molar-refractivity contribution in [2.24, 2.45) is 0 Å². The molecule has 26 heavy (non-hydrogen) atoms. The van der Waals surface area contributed by atoms with E-state index in [2.05, 4.69) is 10.6 Å². The molecular formula is C20H23N4O2+. The van der Waals surface area contributed by atoms with Crippen LogP contribution in [0.3, 0.4) is 0 Å². The van der Waals surface area contributed by atoms with Gasteiger partial charge in [0.1, 0.15) is 6.07 Å². The van der Waals surface area contributed by atoms with E-state index in [1.165, 1.54) is 0 Å². The lowest BCUT2D eigenvalue weighted by Gasteiger charge is -2.15. The van der Waals surface area contributed by atoms with Gasteiger partial charge in [0.2, 0.25) is 0 Å². The van der Waals surface area contributed by atoms with Crippen molar-refractivity contribution >= 4 is 23.2 Å². The van der Waals surface area contributed by atoms with Gasteiger partial charge in [-0.05, 0) is 30.2 Å². The molecule has 1 atom stereocenters. The van der Waals surface area contributed by atoms with Crippen molar-refractivity contribution in [3.8, 4) is 6.07 Å². The van der Waals surface area contributed by atoms with Crippen LogP contribution in [0.2, 0.25) is 0 Å². The number of nitriles is 1. The first-order valence-corrected chi connectivity index (χ1v) is 8.51. The highest BCUT2D eigenvalue weighted by atomic mass is 16.2. The number of rotatable bonds is 7. The molecule has 0 bridgehead atoms. The number of nitrogens with one attached hydrogen (secondary N) is 3. The molecule has 0 radical (unpaired) electrons. The largest absolute Gasteiger partial charge is 0.322 e. The molecule has 134 valence electrons. The molecule has 2 amide bonds. The third kappa shape index (κ3) is 5.43. The zero-order chi connectivity index (χ0) is 18.9. The Morgan fingerprint density at radius 3 is 2.12 bits per heavy atom. The first-order chi connectivity index (χ1) is 12.5. The number of aryl methyl sites for hydroxylation is 1. The summed E-state index contributed by atoms with van der Waals surface area (Å²) < 4.78 is 0. The van der Waals surface area contributed by atoms with Crippen LogP contribution >= 0.6 is 0 Å². The highest BCUT2D eigenvalue weighted by Gasteiger charge is 2.16. The Hall–Kier alpha value is -3.17. The van der Waals surface area contributed by atoms with Gasteiger partial charge in [-0.1, -0.05) is 37.3 Å². The van der Waals surface area contributed by atoms with E-state index in [1.807, 2.05) is 37.3 Å². The van der Waals surface area contributed by atoms with Gasteiger partial charge in [0.25, 0.3) is 11.8 Å². The molecule has 0 saturated carbocycles. The summed E-state index contributed by atoms with van der Waals surface area (Å²) in [5, 5.41) is 14.7. The Balaban J connectivity index is 1.87. The highest BCUT2D eigenvalue weighted by molar-refractivity contribution is 5.94. The summed E-state index contributed by atoms with van der Waals surface area (Å²) >= 11 is 0. The SMILES string of the molecule is CCc1ccccc1NC(=O)C[NH+](C)CC(=O)Nc1ccccc1C#N. The molecule has 0 aliphatic carbocycles. The number of benzene rings is 2. The van der Waals surface area contributed by atoms with E-state index in [4.69, 9.17) is 5.26 Å². The second-order valence-corrected chi connectivity index (χ2v) is 6.08. The van der Waals surface area contributed by atoms with E-state index in [-0.39, 0.29) is 24.9 Å². The standard InChI is InChI=1S/C20H22N4O2/c1-3-15-8-4-6-10-17(15)22-19(25)13-24(2)14-20(26)23-18-11-7-5-9-16(18)12-21/h4-11H,3,13-14H2,1-2H3,(H,22,25)(H,23,26)/p+1. The summed E-state index contributed by atoms with van der Waals surface area (Å²) in [5.74, 6) is -0.388. The van der Waals surface area contributed by atoms with Crippen LogP contribution < -0.4 is 15.5 Å². The minimum atomic E-state index is -0.244. The van der Waals surface area contributed by atoms with E-state index in [1.54, 1.807) is 31.3 Å². The number of anilines is 2. The molecule has 0 aliphatic rings. The molecule has 6 nitrogen and oxygen atoms in total. The third-order valence-corrected chi connectivity index (χ3v) is 3.92. The van der Waals surface area contributed by atoms with Crippen LogP contribution in [0.5, 0.6) is 0 Å². The van der Waals surface area contributed by atoms with E-state index >= 15 is 0 Å². The first kappa shape index (κ1) is 19.2. The smallest absolute Gasteiger partial charge is 0.279 e. The van der Waals surface area contributed by atoms with Gasteiger partial charge in [-0.25, -0.2) is 0 Å². The second-order valence-electron chi connectivity index (χ2n) is 6.08. The van der Waals surface area contributed by atoms with Crippen molar-refractivity contribution in [3.05, 3.63) is 59.7 Å². The Kier molecular flexibility index (Phi) is 6.89. The number of carbonyl (C=O) groups excluding carboxylic acids is 2. The second kappa shape index (κ2) is 9.35. The quantitative estimate of drug-likeness (QED) is 0.701. The molecule has 2 rings (SSSR count). The Morgan fingerprint density at radius 2 is 1.50 bits per heavy atom. The topological polar surface area (TPSA) is 86.4 Å². The van der Waals surface area contributed by atoms with Gasteiger partial charge >= 0.3 is 0 Å². The molecule has 3 N–H and O–H groups in total. The molecule has 1 unspecified atom stereocenters. The average molecular weight is 351 g/mol. The summed E-state index contributed by atoms with van der Waals surface area (Å²) in [7, 11) is 1.78. The third-order valence-electron chi connectivity index (χ3n) is 3.92. The fraction of sp³-hybridized carbons (Fsp3) is 0.250. The van der Waals surface area contributed by atoms with Crippen molar-refractivity contribution < 1.29 is 14.5 Å². The van der Waals surface area contributed by atoms with Gasteiger partial charge in [-0.2, -0.15) is 5.26 Å². The number of nitrogens with zero attached hydrogens (tertiary/aromatic N) is 1. The van der Waals surface area contributed by atoms with Crippen LogP contribution in [0.25, 0.3) is 0 Å². The number of likely N-dealkylation sites (N-methyl/N-ethyl adjacent to an activating group) is 1. The minimum absolute atomic E-state index is 0.128. The summed E-state index contributed by atoms with van der Waals surface area (Å²) in [6.45, 7) is 2.33. The Morgan fingerprint density at radius 1 is 0.962 bits per heavy atom. The van der Waals surface area contributed by atoms with Gasteiger partial charge in [0.05, 0.1) is 18.3 Å². The van der Waals surface area contributed by atoms with E-state index in [9.17, 15) is 9.59 Å². The molecule has 0 aliphatic heterocycles. The van der Waals surface area contributed by atoms with Gasteiger partial charge in [0.15, 0.2) is 13.1 Å². The predicted octanol–water partition coefficient (Wildman–Crippen LogP) is 1.21. The predicted molar refractivity (Wildman–Crippen MR) is 101 cm³/mol. The highest BCUT2D eigenvalue weighted by Crippen LogP contribution is 2.15. The summed E-state index contributed by atoms with van der Waals surface area (Å²) in [4.78, 5) is 25.1. The minimum Gasteiger partial charge on any atom is -0.322 e. The fourth-order valence-corrected chi connectivity index (χ4v) is 2.64. The number of amides is 2. The maximum atomic E-state index is 12.2. The molecule has 0 heterocycles. The van der Waals surface area contributed by atoms with Crippen molar-refractivity contribution in [3.63, 3.8) is 0 Å².